The molecule has 1 rings (SSSR count). The zero-order chi connectivity index (χ0) is 28.9. The lowest BCUT2D eigenvalue weighted by Crippen LogP contribution is -2.40. The van der Waals surface area contributed by atoms with Gasteiger partial charge in [0.15, 0.2) is 0 Å². The van der Waals surface area contributed by atoms with E-state index in [1.807, 2.05) is 0 Å². The number of benzene rings is 1. The summed E-state index contributed by atoms with van der Waals surface area (Å²) in [7, 11) is 0. The second-order valence-corrected chi connectivity index (χ2v) is 10.6. The van der Waals surface area contributed by atoms with Crippen molar-refractivity contribution in [1.29, 1.82) is 0 Å². The van der Waals surface area contributed by atoms with Crippen LogP contribution in [0.2, 0.25) is 0 Å². The highest BCUT2D eigenvalue weighted by molar-refractivity contribution is 5.97. The summed E-state index contributed by atoms with van der Waals surface area (Å²) in [6.45, 7) is 3.81. The molecule has 0 aliphatic rings. The smallest absolute Gasteiger partial charge is 0.416 e. The summed E-state index contributed by atoms with van der Waals surface area (Å²) >= 11 is 0. The Labute approximate surface area is 232 Å². The normalized spacial score (nSPS) is 12.4. The molecule has 39 heavy (non-hydrogen) atoms. The number of alkyl halides is 3. The van der Waals surface area contributed by atoms with Crippen LogP contribution in [-0.2, 0) is 15.7 Å². The number of unbranched alkanes of at least 4 members (excludes halogenated alkanes) is 17. The number of amides is 1. The number of ether oxygens (including phenoxy) is 1. The van der Waals surface area contributed by atoms with Gasteiger partial charge < -0.3 is 10.1 Å². The summed E-state index contributed by atoms with van der Waals surface area (Å²) in [6.07, 6.45) is 18.0. The van der Waals surface area contributed by atoms with Crippen molar-refractivity contribution in [2.75, 3.05) is 6.61 Å². The zero-order valence-electron chi connectivity index (χ0n) is 24.0. The Kier molecular flexibility index (Phi) is 18.6. The van der Waals surface area contributed by atoms with Crippen molar-refractivity contribution < 1.29 is 31.9 Å². The predicted octanol–water partition coefficient (Wildman–Crippen LogP) is 9.55. The Morgan fingerprint density at radius 1 is 0.769 bits per heavy atom. The average Bonchev–Trinajstić information content (AvgIpc) is 2.89. The van der Waals surface area contributed by atoms with Crippen molar-refractivity contribution in [1.82, 2.24) is 5.32 Å². The summed E-state index contributed by atoms with van der Waals surface area (Å²) in [5, 5.41) is 2.21. The SMILES string of the molecule is CCCCCCCCCCCCCCCCCCCCOC(=O)C(C)NC(=O)c1cc(C(F)(F)F)ccc1F. The molecule has 0 aliphatic carbocycles. The fourth-order valence-corrected chi connectivity index (χ4v) is 4.51. The Bertz CT molecular complexity index is 814. The van der Waals surface area contributed by atoms with Crippen LogP contribution in [0.5, 0.6) is 0 Å². The first kappa shape index (κ1) is 34.9. The van der Waals surface area contributed by atoms with Gasteiger partial charge in [0.2, 0.25) is 0 Å². The number of hydrogen-bond donors (Lipinski definition) is 1. The van der Waals surface area contributed by atoms with Crippen molar-refractivity contribution in [3.05, 3.63) is 35.1 Å². The van der Waals surface area contributed by atoms with Gasteiger partial charge in [-0.2, -0.15) is 13.2 Å². The minimum atomic E-state index is -4.71. The van der Waals surface area contributed by atoms with E-state index < -0.39 is 41.0 Å². The second kappa shape index (κ2) is 20.7. The summed E-state index contributed by atoms with van der Waals surface area (Å²) in [4.78, 5) is 24.3. The molecule has 0 saturated heterocycles. The van der Waals surface area contributed by atoms with Crippen LogP contribution < -0.4 is 5.32 Å². The predicted molar refractivity (Wildman–Crippen MR) is 148 cm³/mol. The highest BCUT2D eigenvalue weighted by Crippen LogP contribution is 2.30. The molecule has 1 aromatic carbocycles. The van der Waals surface area contributed by atoms with Crippen LogP contribution in [0.1, 0.15) is 145 Å². The van der Waals surface area contributed by atoms with E-state index in [2.05, 4.69) is 12.2 Å². The van der Waals surface area contributed by atoms with Gasteiger partial charge in [0, 0.05) is 0 Å². The van der Waals surface area contributed by atoms with Gasteiger partial charge in [0.25, 0.3) is 5.91 Å². The molecule has 1 atom stereocenters. The Morgan fingerprint density at radius 3 is 1.64 bits per heavy atom. The van der Waals surface area contributed by atoms with E-state index in [4.69, 9.17) is 4.74 Å². The van der Waals surface area contributed by atoms with E-state index in [-0.39, 0.29) is 6.61 Å². The molecule has 8 heteroatoms. The van der Waals surface area contributed by atoms with Gasteiger partial charge in [-0.15, -0.1) is 0 Å². The van der Waals surface area contributed by atoms with Crippen LogP contribution in [0.25, 0.3) is 0 Å². The molecule has 1 aromatic rings. The van der Waals surface area contributed by atoms with Crippen molar-refractivity contribution in [2.24, 2.45) is 0 Å². The lowest BCUT2D eigenvalue weighted by molar-refractivity contribution is -0.145. The van der Waals surface area contributed by atoms with Crippen molar-refractivity contribution >= 4 is 11.9 Å². The van der Waals surface area contributed by atoms with Crippen molar-refractivity contribution in [3.63, 3.8) is 0 Å². The van der Waals surface area contributed by atoms with Crippen LogP contribution in [0.3, 0.4) is 0 Å². The van der Waals surface area contributed by atoms with Gasteiger partial charge in [-0.3, -0.25) is 4.79 Å². The third-order valence-corrected chi connectivity index (χ3v) is 6.98. The maximum atomic E-state index is 13.9. The Hall–Kier alpha value is -2.12. The van der Waals surface area contributed by atoms with Gasteiger partial charge in [-0.1, -0.05) is 116 Å². The van der Waals surface area contributed by atoms with E-state index >= 15 is 0 Å². The zero-order valence-corrected chi connectivity index (χ0v) is 24.0. The molecule has 1 N–H and O–H groups in total. The average molecular weight is 560 g/mol. The summed E-state index contributed by atoms with van der Waals surface area (Å²) in [6, 6.07) is 0.464. The lowest BCUT2D eigenvalue weighted by atomic mass is 10.0. The summed E-state index contributed by atoms with van der Waals surface area (Å²) < 4.78 is 57.5. The van der Waals surface area contributed by atoms with E-state index in [0.717, 1.165) is 19.3 Å². The maximum Gasteiger partial charge on any atom is 0.416 e. The van der Waals surface area contributed by atoms with E-state index in [1.54, 1.807) is 0 Å². The maximum absolute atomic E-state index is 13.9. The molecule has 0 fully saturated rings. The summed E-state index contributed by atoms with van der Waals surface area (Å²) in [5.41, 5.74) is -1.91. The standard InChI is InChI=1S/C31H49F4NO3/c1-3-4-5-6-7-8-9-10-11-12-13-14-15-16-17-18-19-20-23-39-30(38)25(2)36-29(37)27-24-26(31(33,34)35)21-22-28(27)32/h21-22,24-25H,3-20,23H2,1-2H3,(H,36,37). The topological polar surface area (TPSA) is 55.4 Å². The fourth-order valence-electron chi connectivity index (χ4n) is 4.51. The van der Waals surface area contributed by atoms with Gasteiger partial charge >= 0.3 is 12.1 Å². The van der Waals surface area contributed by atoms with E-state index in [9.17, 15) is 27.2 Å². The van der Waals surface area contributed by atoms with Crippen LogP contribution >= 0.6 is 0 Å². The first-order chi connectivity index (χ1) is 18.7. The first-order valence-corrected chi connectivity index (χ1v) is 15.0. The van der Waals surface area contributed by atoms with Crippen LogP contribution in [0.4, 0.5) is 17.6 Å². The van der Waals surface area contributed by atoms with Crippen LogP contribution in [-0.4, -0.2) is 24.5 Å². The second-order valence-electron chi connectivity index (χ2n) is 10.6. The third kappa shape index (κ3) is 16.6. The van der Waals surface area contributed by atoms with Gasteiger partial charge in [-0.25, -0.2) is 9.18 Å². The van der Waals surface area contributed by atoms with Gasteiger partial charge in [-0.05, 0) is 31.5 Å². The van der Waals surface area contributed by atoms with Gasteiger partial charge in [0.05, 0.1) is 17.7 Å². The molecular weight excluding hydrogens is 510 g/mol. The molecule has 1 amide bonds. The number of carbonyl (C=O) groups is 2. The molecule has 0 spiro atoms. The minimum absolute atomic E-state index is 0.204. The van der Waals surface area contributed by atoms with Crippen molar-refractivity contribution in [3.8, 4) is 0 Å². The molecule has 0 bridgehead atoms. The fraction of sp³-hybridized carbons (Fsp3) is 0.742. The number of rotatable bonds is 22. The number of carbonyl (C=O) groups excluding carboxylic acids is 2. The van der Waals surface area contributed by atoms with Crippen molar-refractivity contribution in [2.45, 2.75) is 142 Å². The molecule has 224 valence electrons. The molecule has 1 unspecified atom stereocenters. The number of nitrogens with one attached hydrogen (secondary N) is 1. The Morgan fingerprint density at radius 2 is 1.21 bits per heavy atom. The first-order valence-electron chi connectivity index (χ1n) is 15.0. The molecular formula is C31H49F4NO3. The lowest BCUT2D eigenvalue weighted by Gasteiger charge is -2.15. The quantitative estimate of drug-likeness (QED) is 0.0874. The number of halogens is 4. The van der Waals surface area contributed by atoms with Crippen LogP contribution in [0, 0.1) is 5.82 Å². The minimum Gasteiger partial charge on any atom is -0.464 e. The monoisotopic (exact) mass is 559 g/mol. The number of hydrogen-bond acceptors (Lipinski definition) is 3. The largest absolute Gasteiger partial charge is 0.464 e. The van der Waals surface area contributed by atoms with E-state index in [0.29, 0.717) is 24.6 Å². The third-order valence-electron chi connectivity index (χ3n) is 6.98. The van der Waals surface area contributed by atoms with Crippen LogP contribution in [0.15, 0.2) is 18.2 Å². The highest BCUT2D eigenvalue weighted by Gasteiger charge is 2.32. The Balaban J connectivity index is 2.01. The molecule has 0 aromatic heterocycles. The summed E-state index contributed by atoms with van der Waals surface area (Å²) in [5.74, 6) is -2.90. The number of esters is 1. The molecule has 0 heterocycles. The molecule has 0 radical (unpaired) electrons. The highest BCUT2D eigenvalue weighted by atomic mass is 19.4. The van der Waals surface area contributed by atoms with E-state index in [1.165, 1.54) is 96.8 Å². The van der Waals surface area contributed by atoms with Gasteiger partial charge in [0.1, 0.15) is 11.9 Å². The molecule has 0 aliphatic heterocycles. The molecule has 4 nitrogen and oxygen atoms in total. The molecule has 0 saturated carbocycles.